The largest absolute Gasteiger partial charge is 0.394 e. The topological polar surface area (TPSA) is 32.3 Å². The van der Waals surface area contributed by atoms with Gasteiger partial charge < -0.3 is 10.4 Å². The van der Waals surface area contributed by atoms with Crippen LogP contribution in [0.4, 0.5) is 0 Å². The zero-order valence-electron chi connectivity index (χ0n) is 8.85. The summed E-state index contributed by atoms with van der Waals surface area (Å²) in [5.74, 6) is 0.709. The Morgan fingerprint density at radius 1 is 1.42 bits per heavy atom. The van der Waals surface area contributed by atoms with Crippen LogP contribution in [-0.4, -0.2) is 23.8 Å². The quantitative estimate of drug-likeness (QED) is 0.642. The third kappa shape index (κ3) is 5.56. The smallest absolute Gasteiger partial charge is 0.0607 e. The Morgan fingerprint density at radius 3 is 2.42 bits per heavy atom. The molecule has 0 aromatic heterocycles. The Labute approximate surface area is 76.4 Å². The van der Waals surface area contributed by atoms with Gasteiger partial charge in [-0.05, 0) is 32.7 Å². The molecule has 0 aliphatic rings. The first-order valence-electron chi connectivity index (χ1n) is 4.87. The molecule has 0 heterocycles. The van der Waals surface area contributed by atoms with Crippen molar-refractivity contribution in [3.05, 3.63) is 0 Å². The maximum Gasteiger partial charge on any atom is 0.0607 e. The SMILES string of the molecule is CCCC(C)CNC(C)(C)CO. The summed E-state index contributed by atoms with van der Waals surface area (Å²) in [6.45, 7) is 9.68. The molecule has 0 aliphatic carbocycles. The van der Waals surface area contributed by atoms with Crippen LogP contribution in [0, 0.1) is 5.92 Å². The van der Waals surface area contributed by atoms with Gasteiger partial charge in [0.05, 0.1) is 6.61 Å². The molecular formula is C10H23NO. The van der Waals surface area contributed by atoms with Crippen LogP contribution in [0.1, 0.15) is 40.5 Å². The molecule has 0 amide bonds. The number of hydrogen-bond donors (Lipinski definition) is 2. The van der Waals surface area contributed by atoms with Crippen molar-refractivity contribution >= 4 is 0 Å². The molecule has 0 saturated carbocycles. The van der Waals surface area contributed by atoms with Crippen LogP contribution in [0.15, 0.2) is 0 Å². The van der Waals surface area contributed by atoms with E-state index in [1.165, 1.54) is 12.8 Å². The van der Waals surface area contributed by atoms with Crippen LogP contribution in [0.25, 0.3) is 0 Å². The molecule has 2 N–H and O–H groups in total. The van der Waals surface area contributed by atoms with Gasteiger partial charge in [0.1, 0.15) is 0 Å². The van der Waals surface area contributed by atoms with Crippen LogP contribution in [0.5, 0.6) is 0 Å². The molecule has 0 radical (unpaired) electrons. The highest BCUT2D eigenvalue weighted by Crippen LogP contribution is 2.06. The molecule has 0 aromatic rings. The summed E-state index contributed by atoms with van der Waals surface area (Å²) in [6.07, 6.45) is 2.50. The molecule has 1 atom stereocenters. The van der Waals surface area contributed by atoms with Gasteiger partial charge in [-0.1, -0.05) is 20.3 Å². The van der Waals surface area contributed by atoms with Crippen LogP contribution in [0.2, 0.25) is 0 Å². The molecule has 0 spiro atoms. The van der Waals surface area contributed by atoms with Crippen molar-refractivity contribution in [1.29, 1.82) is 0 Å². The normalized spacial score (nSPS) is 14.8. The van der Waals surface area contributed by atoms with Gasteiger partial charge in [-0.25, -0.2) is 0 Å². The van der Waals surface area contributed by atoms with E-state index in [1.54, 1.807) is 0 Å². The lowest BCUT2D eigenvalue weighted by Crippen LogP contribution is -2.44. The number of rotatable bonds is 6. The first-order chi connectivity index (χ1) is 5.52. The predicted molar refractivity (Wildman–Crippen MR) is 53.2 cm³/mol. The van der Waals surface area contributed by atoms with E-state index in [1.807, 2.05) is 13.8 Å². The second-order valence-electron chi connectivity index (χ2n) is 4.32. The summed E-state index contributed by atoms with van der Waals surface area (Å²) in [7, 11) is 0. The minimum Gasteiger partial charge on any atom is -0.394 e. The summed E-state index contributed by atoms with van der Waals surface area (Å²) < 4.78 is 0. The summed E-state index contributed by atoms with van der Waals surface area (Å²) in [5, 5.41) is 12.3. The van der Waals surface area contributed by atoms with E-state index in [4.69, 9.17) is 5.11 Å². The van der Waals surface area contributed by atoms with Crippen molar-refractivity contribution in [2.45, 2.75) is 46.1 Å². The Bertz CT molecular complexity index is 112. The number of hydrogen-bond acceptors (Lipinski definition) is 2. The molecule has 74 valence electrons. The highest BCUT2D eigenvalue weighted by Gasteiger charge is 2.15. The Hall–Kier alpha value is -0.0800. The standard InChI is InChI=1S/C10H23NO/c1-5-6-9(2)7-11-10(3,4)8-12/h9,11-12H,5-8H2,1-4H3. The minimum absolute atomic E-state index is 0.123. The van der Waals surface area contributed by atoms with E-state index in [2.05, 4.69) is 19.2 Å². The molecule has 1 unspecified atom stereocenters. The fourth-order valence-corrected chi connectivity index (χ4v) is 1.10. The van der Waals surface area contributed by atoms with Crippen LogP contribution in [-0.2, 0) is 0 Å². The maximum atomic E-state index is 8.97. The van der Waals surface area contributed by atoms with Crippen molar-refractivity contribution in [1.82, 2.24) is 5.32 Å². The third-order valence-corrected chi connectivity index (χ3v) is 2.11. The molecule has 2 heteroatoms. The fourth-order valence-electron chi connectivity index (χ4n) is 1.10. The van der Waals surface area contributed by atoms with Crippen molar-refractivity contribution in [3.8, 4) is 0 Å². The Morgan fingerprint density at radius 2 is 2.00 bits per heavy atom. The summed E-state index contributed by atoms with van der Waals surface area (Å²) in [4.78, 5) is 0. The zero-order valence-corrected chi connectivity index (χ0v) is 8.85. The Balaban J connectivity index is 3.52. The second kappa shape index (κ2) is 5.55. The van der Waals surface area contributed by atoms with Crippen molar-refractivity contribution < 1.29 is 5.11 Å². The minimum atomic E-state index is -0.123. The highest BCUT2D eigenvalue weighted by molar-refractivity contribution is 4.76. The van der Waals surface area contributed by atoms with E-state index in [-0.39, 0.29) is 12.1 Å². The molecule has 0 fully saturated rings. The predicted octanol–water partition coefficient (Wildman–Crippen LogP) is 1.78. The molecular weight excluding hydrogens is 150 g/mol. The summed E-state index contributed by atoms with van der Waals surface area (Å²) in [5.41, 5.74) is -0.123. The van der Waals surface area contributed by atoms with E-state index in [0.717, 1.165) is 6.54 Å². The average Bonchev–Trinajstić information content (AvgIpc) is 2.02. The summed E-state index contributed by atoms with van der Waals surface area (Å²) in [6, 6.07) is 0. The lowest BCUT2D eigenvalue weighted by Gasteiger charge is -2.25. The second-order valence-corrected chi connectivity index (χ2v) is 4.32. The Kier molecular flexibility index (Phi) is 5.51. The number of aliphatic hydroxyl groups excluding tert-OH is 1. The third-order valence-electron chi connectivity index (χ3n) is 2.11. The zero-order chi connectivity index (χ0) is 9.61. The molecule has 0 aromatic carbocycles. The van der Waals surface area contributed by atoms with Gasteiger partial charge in [0, 0.05) is 5.54 Å². The van der Waals surface area contributed by atoms with Crippen LogP contribution in [0.3, 0.4) is 0 Å². The number of nitrogens with one attached hydrogen (secondary N) is 1. The van der Waals surface area contributed by atoms with E-state index < -0.39 is 0 Å². The maximum absolute atomic E-state index is 8.97. The van der Waals surface area contributed by atoms with Gasteiger partial charge in [-0.3, -0.25) is 0 Å². The number of aliphatic hydroxyl groups is 1. The molecule has 12 heavy (non-hydrogen) atoms. The average molecular weight is 173 g/mol. The van der Waals surface area contributed by atoms with Crippen molar-refractivity contribution in [3.63, 3.8) is 0 Å². The monoisotopic (exact) mass is 173 g/mol. The first-order valence-corrected chi connectivity index (χ1v) is 4.87. The van der Waals surface area contributed by atoms with E-state index in [0.29, 0.717) is 5.92 Å². The molecule has 0 bridgehead atoms. The first kappa shape index (κ1) is 11.9. The summed E-state index contributed by atoms with van der Waals surface area (Å²) >= 11 is 0. The van der Waals surface area contributed by atoms with Crippen molar-refractivity contribution in [2.75, 3.05) is 13.2 Å². The van der Waals surface area contributed by atoms with Gasteiger partial charge >= 0.3 is 0 Å². The molecule has 0 saturated heterocycles. The van der Waals surface area contributed by atoms with Gasteiger partial charge in [0.2, 0.25) is 0 Å². The van der Waals surface area contributed by atoms with Gasteiger partial charge in [-0.15, -0.1) is 0 Å². The molecule has 2 nitrogen and oxygen atoms in total. The molecule has 0 aliphatic heterocycles. The lowest BCUT2D eigenvalue weighted by atomic mass is 10.0. The van der Waals surface area contributed by atoms with Crippen LogP contribution >= 0.6 is 0 Å². The van der Waals surface area contributed by atoms with Gasteiger partial charge in [0.25, 0.3) is 0 Å². The van der Waals surface area contributed by atoms with Crippen molar-refractivity contribution in [2.24, 2.45) is 5.92 Å². The fraction of sp³-hybridized carbons (Fsp3) is 1.00. The van der Waals surface area contributed by atoms with E-state index in [9.17, 15) is 0 Å². The van der Waals surface area contributed by atoms with E-state index >= 15 is 0 Å². The van der Waals surface area contributed by atoms with Crippen LogP contribution < -0.4 is 5.32 Å². The highest BCUT2D eigenvalue weighted by atomic mass is 16.3. The van der Waals surface area contributed by atoms with Gasteiger partial charge in [0.15, 0.2) is 0 Å². The van der Waals surface area contributed by atoms with Gasteiger partial charge in [-0.2, -0.15) is 0 Å². The lowest BCUT2D eigenvalue weighted by molar-refractivity contribution is 0.183. The molecule has 0 rings (SSSR count).